The van der Waals surface area contributed by atoms with Gasteiger partial charge in [0.15, 0.2) is 28.7 Å². The molecule has 1 saturated heterocycles. The first-order chi connectivity index (χ1) is 26.3. The van der Waals surface area contributed by atoms with Crippen LogP contribution in [0.3, 0.4) is 0 Å². The highest BCUT2D eigenvalue weighted by Gasteiger charge is 2.53. The number of carboxylic acid groups (broad SMARTS) is 1. The van der Waals surface area contributed by atoms with Crippen molar-refractivity contribution >= 4 is 36.9 Å². The first-order valence-corrected chi connectivity index (χ1v) is 19.0. The molecule has 0 amide bonds. The van der Waals surface area contributed by atoms with Crippen LogP contribution in [-0.2, 0) is 34.5 Å². The third-order valence-corrected chi connectivity index (χ3v) is 10.2. The number of ether oxygens (including phenoxy) is 3. The number of hydrogen-bond acceptors (Lipinski definition) is 12. The third kappa shape index (κ3) is 10.7. The summed E-state index contributed by atoms with van der Waals surface area (Å²) >= 11 is 0. The van der Waals surface area contributed by atoms with Crippen molar-refractivity contribution in [3.05, 3.63) is 78.1 Å². The molecule has 294 valence electrons. The number of para-hydroxylation sites is 1. The van der Waals surface area contributed by atoms with Crippen molar-refractivity contribution < 1.29 is 55.7 Å². The Kier molecular flexibility index (Phi) is 13.7. The number of nitrogen functional groups attached to an aromatic ring is 1. The molecule has 5 atom stereocenters. The van der Waals surface area contributed by atoms with Crippen molar-refractivity contribution in [3.63, 3.8) is 0 Å². The molecule has 1 aliphatic heterocycles. The maximum Gasteiger partial charge on any atom is 0.508 e. The number of nitrogens with two attached hydrogens (primary N) is 1. The number of hydrogen-bond donors (Lipinski definition) is 3. The number of imidazole rings is 1. The molecule has 0 saturated carbocycles. The summed E-state index contributed by atoms with van der Waals surface area (Å²) in [6, 6.07) is 8.23. The van der Waals surface area contributed by atoms with Crippen LogP contribution in [0.25, 0.3) is 11.2 Å². The number of aromatic nitrogens is 4. The molecule has 0 unspecified atom stereocenters. The average Bonchev–Trinajstić information content (AvgIpc) is 3.72. The van der Waals surface area contributed by atoms with Gasteiger partial charge in [0.25, 0.3) is 0 Å². The van der Waals surface area contributed by atoms with Crippen LogP contribution >= 0.6 is 7.75 Å². The molecule has 15 nitrogen and oxygen atoms in total. The number of carboxylic acids is 1. The molecule has 4 N–H and O–H groups in total. The van der Waals surface area contributed by atoms with Gasteiger partial charge in [-0.15, -0.1) is 6.42 Å². The number of nitrogens with one attached hydrogen (secondary N) is 1. The number of rotatable bonds is 19. The second kappa shape index (κ2) is 18.4. The molecule has 55 heavy (non-hydrogen) atoms. The molecule has 5 rings (SSSR count). The van der Waals surface area contributed by atoms with Crippen LogP contribution in [0.5, 0.6) is 5.75 Å². The number of halogens is 3. The van der Waals surface area contributed by atoms with Gasteiger partial charge in [0.05, 0.1) is 12.9 Å². The van der Waals surface area contributed by atoms with Crippen LogP contribution in [0.2, 0.25) is 0 Å². The number of carbonyl (C=O) groups excluding carboxylic acids is 1. The Labute approximate surface area is 314 Å². The predicted molar refractivity (Wildman–Crippen MR) is 191 cm³/mol. The minimum absolute atomic E-state index is 0.0190. The van der Waals surface area contributed by atoms with E-state index in [1.807, 2.05) is 0 Å². The Balaban J connectivity index is 1.42. The molecule has 3 heterocycles. The lowest BCUT2D eigenvalue weighted by atomic mass is 9.99. The van der Waals surface area contributed by atoms with Gasteiger partial charge in [-0.3, -0.25) is 13.9 Å². The van der Waals surface area contributed by atoms with E-state index in [0.717, 1.165) is 44.2 Å². The zero-order valence-electron chi connectivity index (χ0n) is 29.7. The topological polar surface area (TPSA) is 199 Å². The van der Waals surface area contributed by atoms with E-state index in [0.29, 0.717) is 12.5 Å². The molecule has 1 fully saturated rings. The highest BCUT2D eigenvalue weighted by atomic mass is 31.2. The van der Waals surface area contributed by atoms with Crippen LogP contribution in [0.4, 0.5) is 23.8 Å². The van der Waals surface area contributed by atoms with E-state index in [9.17, 15) is 32.4 Å². The van der Waals surface area contributed by atoms with Crippen LogP contribution in [0.15, 0.2) is 54.9 Å². The summed E-state index contributed by atoms with van der Waals surface area (Å²) in [6.07, 6.45) is 7.32. The number of terminal acetylenes is 1. The zero-order chi connectivity index (χ0) is 39.6. The van der Waals surface area contributed by atoms with Crippen LogP contribution < -0.4 is 15.3 Å². The monoisotopic (exact) mass is 788 g/mol. The van der Waals surface area contributed by atoms with E-state index in [1.165, 1.54) is 23.0 Å². The summed E-state index contributed by atoms with van der Waals surface area (Å²) in [7, 11) is -4.82. The maximum atomic E-state index is 14.5. The normalized spacial score (nSPS) is 19.7. The molecule has 19 heteroatoms. The number of fused-ring (bicyclic) bond motifs is 1. The number of carbonyl (C=O) groups is 2. The maximum absolute atomic E-state index is 14.5. The van der Waals surface area contributed by atoms with Crippen LogP contribution in [0.1, 0.15) is 63.7 Å². The molecule has 0 aliphatic carbocycles. The van der Waals surface area contributed by atoms with E-state index < -0.39 is 74.6 Å². The van der Waals surface area contributed by atoms with Gasteiger partial charge in [-0.05, 0) is 42.7 Å². The summed E-state index contributed by atoms with van der Waals surface area (Å²) in [4.78, 5) is 36.8. The smallest absolute Gasteiger partial charge is 0.480 e. The Morgan fingerprint density at radius 1 is 1.13 bits per heavy atom. The number of aliphatic carboxylic acids is 1. The Morgan fingerprint density at radius 3 is 2.53 bits per heavy atom. The van der Waals surface area contributed by atoms with Crippen molar-refractivity contribution in [2.75, 3.05) is 18.9 Å². The minimum Gasteiger partial charge on any atom is -0.480 e. The summed E-state index contributed by atoms with van der Waals surface area (Å²) < 4.78 is 86.7. The highest BCUT2D eigenvalue weighted by molar-refractivity contribution is 7.52. The lowest BCUT2D eigenvalue weighted by Crippen LogP contribution is -2.46. The SMILES string of the molecule is C#C[C@]1(CO[P@@](=O)(N[C@@H](Cc2cc(F)cc(F)c2)C(=O)O)Oc2ccccc2)O[C@@H](n2cnc3c(N)nc(F)nc32)C[C@@H]1OC(=O)OCCCCCCCC. The quantitative estimate of drug-likeness (QED) is 0.0306. The van der Waals surface area contributed by atoms with Gasteiger partial charge in [-0.2, -0.15) is 19.4 Å². The van der Waals surface area contributed by atoms with Crippen molar-refractivity contribution in [3.8, 4) is 18.1 Å². The number of anilines is 1. The summed E-state index contributed by atoms with van der Waals surface area (Å²) in [6.45, 7) is 1.30. The minimum atomic E-state index is -4.82. The predicted octanol–water partition coefficient (Wildman–Crippen LogP) is 6.49. The lowest BCUT2D eigenvalue weighted by molar-refractivity contribution is -0.139. The van der Waals surface area contributed by atoms with Gasteiger partial charge < -0.3 is 29.6 Å². The molecule has 2 aromatic heterocycles. The first-order valence-electron chi connectivity index (χ1n) is 17.4. The second-order valence-corrected chi connectivity index (χ2v) is 14.4. The zero-order valence-corrected chi connectivity index (χ0v) is 30.6. The van der Waals surface area contributed by atoms with Gasteiger partial charge >= 0.3 is 25.9 Å². The van der Waals surface area contributed by atoms with Gasteiger partial charge in [0.1, 0.15) is 36.3 Å². The Bertz CT molecular complexity index is 2030. The fourth-order valence-corrected chi connectivity index (χ4v) is 7.42. The fourth-order valence-electron chi connectivity index (χ4n) is 5.89. The largest absolute Gasteiger partial charge is 0.508 e. The molecule has 4 aromatic rings. The van der Waals surface area contributed by atoms with E-state index in [2.05, 4.69) is 32.9 Å². The van der Waals surface area contributed by atoms with Crippen LogP contribution in [0, 0.1) is 30.1 Å². The molecule has 0 radical (unpaired) electrons. The molecule has 1 aliphatic rings. The number of unbranched alkanes of at least 4 members (excludes halogenated alkanes) is 5. The highest BCUT2D eigenvalue weighted by Crippen LogP contribution is 2.48. The van der Waals surface area contributed by atoms with Crippen LogP contribution in [-0.4, -0.2) is 67.7 Å². The van der Waals surface area contributed by atoms with E-state index in [4.69, 9.17) is 35.4 Å². The van der Waals surface area contributed by atoms with Gasteiger partial charge in [0, 0.05) is 12.5 Å². The number of benzene rings is 2. The Morgan fingerprint density at radius 2 is 1.84 bits per heavy atom. The lowest BCUT2D eigenvalue weighted by Gasteiger charge is -2.31. The van der Waals surface area contributed by atoms with E-state index >= 15 is 0 Å². The Hall–Kier alpha value is -5.21. The van der Waals surface area contributed by atoms with Crippen molar-refractivity contribution in [1.29, 1.82) is 0 Å². The molecular formula is C36H40F3N6O9P. The second-order valence-electron chi connectivity index (χ2n) is 12.7. The number of nitrogens with zero attached hydrogens (tertiary/aromatic N) is 4. The van der Waals surface area contributed by atoms with Crippen molar-refractivity contribution in [1.82, 2.24) is 24.6 Å². The standard InChI is InChI=1S/C36H40F3N6O9P/c1-3-5-6-7-8-12-15-50-35(48)52-28-20-29(45-22-41-30-31(40)42-34(39)43-32(30)45)53-36(28,4-2)21-51-55(49,54-26-13-10-9-11-14-26)44-27(33(46)47)18-23-16-24(37)19-25(38)17-23/h2,9-11,13-14,16-17,19,22,27-29H,3,5-8,12,15,18,20-21H2,1H3,(H,44,49)(H,46,47)(H2,40,42,43)/t27-,28-,29+,36+,55-/m0/s1. The summed E-state index contributed by atoms with van der Waals surface area (Å²) in [5.41, 5.74) is 3.66. The molecule has 0 bridgehead atoms. The van der Waals surface area contributed by atoms with Gasteiger partial charge in [-0.1, -0.05) is 63.1 Å². The summed E-state index contributed by atoms with van der Waals surface area (Å²) in [5, 5.41) is 12.4. The third-order valence-electron chi connectivity index (χ3n) is 8.61. The first kappa shape index (κ1) is 41.0. The average molecular weight is 789 g/mol. The molecular weight excluding hydrogens is 748 g/mol. The summed E-state index contributed by atoms with van der Waals surface area (Å²) in [5.74, 6) is -1.34. The van der Waals surface area contributed by atoms with Gasteiger partial charge in [0.2, 0.25) is 0 Å². The van der Waals surface area contributed by atoms with Gasteiger partial charge in [-0.25, -0.2) is 23.1 Å². The van der Waals surface area contributed by atoms with Crippen molar-refractivity contribution in [2.24, 2.45) is 0 Å². The molecule has 0 spiro atoms. The van der Waals surface area contributed by atoms with Crippen molar-refractivity contribution in [2.45, 2.75) is 82.3 Å². The fraction of sp³-hybridized carbons (Fsp3) is 0.417. The van der Waals surface area contributed by atoms with E-state index in [-0.39, 0.29) is 41.3 Å². The molecule has 2 aromatic carbocycles. The van der Waals surface area contributed by atoms with E-state index in [1.54, 1.807) is 18.2 Å².